The van der Waals surface area contributed by atoms with Crippen LogP contribution in [0, 0.1) is 11.6 Å². The van der Waals surface area contributed by atoms with Crippen LogP contribution in [-0.4, -0.2) is 33.6 Å². The second-order valence-corrected chi connectivity index (χ2v) is 7.23. The molecule has 130 valence electrons. The smallest absolute Gasteiger partial charge is 0.268 e. The van der Waals surface area contributed by atoms with Crippen molar-refractivity contribution in [1.29, 1.82) is 0 Å². The summed E-state index contributed by atoms with van der Waals surface area (Å²) >= 11 is 2.42. The number of fused-ring (bicyclic) bond motifs is 1. The van der Waals surface area contributed by atoms with Crippen LogP contribution in [0.3, 0.4) is 0 Å². The highest BCUT2D eigenvalue weighted by atomic mass is 32.2. The molecule has 0 aliphatic heterocycles. The Kier molecular flexibility index (Phi) is 5.14. The van der Waals surface area contributed by atoms with Crippen LogP contribution in [0.5, 0.6) is 0 Å². The van der Waals surface area contributed by atoms with E-state index in [0.29, 0.717) is 20.9 Å². The molecular weight excluding hydrogens is 368 g/mol. The first-order valence-electron chi connectivity index (χ1n) is 7.22. The second kappa shape index (κ2) is 7.32. The minimum Gasteiger partial charge on any atom is -0.338 e. The van der Waals surface area contributed by atoms with Gasteiger partial charge in [0.05, 0.1) is 17.8 Å². The number of nitrogens with one attached hydrogen (secondary N) is 1. The molecule has 0 bridgehead atoms. The zero-order chi connectivity index (χ0) is 18.0. The molecule has 2 aromatic heterocycles. The summed E-state index contributed by atoms with van der Waals surface area (Å²) in [5, 5.41) is 1.78. The summed E-state index contributed by atoms with van der Waals surface area (Å²) in [7, 11) is 1.59. The quantitative estimate of drug-likeness (QED) is 0.690. The van der Waals surface area contributed by atoms with Gasteiger partial charge in [0, 0.05) is 11.9 Å². The van der Waals surface area contributed by atoms with E-state index in [1.165, 1.54) is 22.3 Å². The van der Waals surface area contributed by atoms with Crippen molar-refractivity contribution in [2.75, 3.05) is 12.8 Å². The van der Waals surface area contributed by atoms with Gasteiger partial charge in [-0.3, -0.25) is 9.59 Å². The first kappa shape index (κ1) is 17.6. The van der Waals surface area contributed by atoms with Crippen LogP contribution in [0.4, 0.5) is 8.78 Å². The van der Waals surface area contributed by atoms with Crippen molar-refractivity contribution in [3.05, 3.63) is 57.5 Å². The van der Waals surface area contributed by atoms with E-state index in [2.05, 4.69) is 9.97 Å². The van der Waals surface area contributed by atoms with E-state index in [9.17, 15) is 18.4 Å². The predicted octanol–water partition coefficient (Wildman–Crippen LogP) is 3.01. The lowest BCUT2D eigenvalue weighted by atomic mass is 10.3. The van der Waals surface area contributed by atoms with E-state index in [-0.39, 0.29) is 23.8 Å². The fraction of sp³-hybridized carbons (Fsp3) is 0.188. The minimum absolute atomic E-state index is 0.0620. The molecule has 0 saturated heterocycles. The molecule has 0 fully saturated rings. The summed E-state index contributed by atoms with van der Waals surface area (Å²) in [5.41, 5.74) is 0.368. The highest BCUT2D eigenvalue weighted by Gasteiger charge is 2.13. The Bertz CT molecular complexity index is 987. The third-order valence-corrected chi connectivity index (χ3v) is 5.31. The molecule has 1 amide bonds. The Balaban J connectivity index is 1.63. The van der Waals surface area contributed by atoms with Crippen LogP contribution < -0.4 is 5.56 Å². The Morgan fingerprint density at radius 3 is 2.88 bits per heavy atom. The normalized spacial score (nSPS) is 11.0. The highest BCUT2D eigenvalue weighted by molar-refractivity contribution is 8.00. The van der Waals surface area contributed by atoms with Crippen LogP contribution in [0.15, 0.2) is 39.3 Å². The highest BCUT2D eigenvalue weighted by Crippen LogP contribution is 2.21. The largest absolute Gasteiger partial charge is 0.338 e. The molecule has 25 heavy (non-hydrogen) atoms. The molecule has 0 spiro atoms. The molecule has 0 atom stereocenters. The third kappa shape index (κ3) is 4.05. The zero-order valence-corrected chi connectivity index (χ0v) is 14.7. The van der Waals surface area contributed by atoms with Gasteiger partial charge in [-0.25, -0.2) is 13.8 Å². The molecule has 2 heterocycles. The number of benzene rings is 1. The summed E-state index contributed by atoms with van der Waals surface area (Å²) in [6.45, 7) is 0.151. The summed E-state index contributed by atoms with van der Waals surface area (Å²) in [4.78, 5) is 33.0. The Morgan fingerprint density at radius 1 is 1.32 bits per heavy atom. The number of aromatic amines is 1. The molecule has 0 unspecified atom stereocenters. The lowest BCUT2D eigenvalue weighted by molar-refractivity contribution is -0.127. The standard InChI is InChI=1S/C16H13F2N3O2S2/c1-21(7-13-19-12-4-5-24-15(12)16(23)20-13)14(22)8-25-9-2-3-10(17)11(18)6-9/h2-6H,7-8H2,1H3,(H,19,20,23). The molecule has 0 saturated carbocycles. The number of thioether (sulfide) groups is 1. The molecule has 0 aliphatic carbocycles. The molecule has 1 N–H and O–H groups in total. The number of H-pyrrole nitrogens is 1. The predicted molar refractivity (Wildman–Crippen MR) is 93.8 cm³/mol. The Morgan fingerprint density at radius 2 is 2.12 bits per heavy atom. The van der Waals surface area contributed by atoms with Crippen molar-refractivity contribution < 1.29 is 13.6 Å². The maximum atomic E-state index is 13.2. The maximum absolute atomic E-state index is 13.2. The van der Waals surface area contributed by atoms with Gasteiger partial charge in [0.2, 0.25) is 5.91 Å². The average Bonchev–Trinajstić information content (AvgIpc) is 3.04. The Labute approximate surface area is 149 Å². The van der Waals surface area contributed by atoms with Crippen molar-refractivity contribution in [2.24, 2.45) is 0 Å². The van der Waals surface area contributed by atoms with Crippen LogP contribution >= 0.6 is 23.1 Å². The topological polar surface area (TPSA) is 66.1 Å². The zero-order valence-electron chi connectivity index (χ0n) is 13.1. The Hall–Kier alpha value is -2.26. The van der Waals surface area contributed by atoms with Gasteiger partial charge < -0.3 is 9.88 Å². The van der Waals surface area contributed by atoms with Crippen molar-refractivity contribution >= 4 is 39.2 Å². The number of aromatic nitrogens is 2. The van der Waals surface area contributed by atoms with Gasteiger partial charge in [0.15, 0.2) is 11.6 Å². The van der Waals surface area contributed by atoms with Gasteiger partial charge >= 0.3 is 0 Å². The van der Waals surface area contributed by atoms with Gasteiger partial charge in [-0.05, 0) is 29.6 Å². The number of carbonyl (C=O) groups excluding carboxylic acids is 1. The number of halogens is 2. The van der Waals surface area contributed by atoms with Gasteiger partial charge in [0.25, 0.3) is 5.56 Å². The number of amides is 1. The number of nitrogens with zero attached hydrogens (tertiary/aromatic N) is 2. The molecule has 5 nitrogen and oxygen atoms in total. The number of hydrogen-bond donors (Lipinski definition) is 1. The number of thiophene rings is 1. The van der Waals surface area contributed by atoms with E-state index in [1.807, 2.05) is 0 Å². The molecule has 0 radical (unpaired) electrons. The molecule has 0 aliphatic rings. The van der Waals surface area contributed by atoms with Gasteiger partial charge in [-0.1, -0.05) is 0 Å². The SMILES string of the molecule is CN(Cc1nc2ccsc2c(=O)[nH]1)C(=O)CSc1ccc(F)c(F)c1. The van der Waals surface area contributed by atoms with Crippen molar-refractivity contribution in [3.8, 4) is 0 Å². The maximum Gasteiger partial charge on any atom is 0.268 e. The minimum atomic E-state index is -0.948. The van der Waals surface area contributed by atoms with E-state index in [1.54, 1.807) is 18.5 Å². The fourth-order valence-electron chi connectivity index (χ4n) is 2.13. The van der Waals surface area contributed by atoms with Crippen LogP contribution in [-0.2, 0) is 11.3 Å². The second-order valence-electron chi connectivity index (χ2n) is 5.26. The van der Waals surface area contributed by atoms with Gasteiger partial charge in [0.1, 0.15) is 10.5 Å². The first-order chi connectivity index (χ1) is 11.9. The molecule has 9 heteroatoms. The van der Waals surface area contributed by atoms with E-state index >= 15 is 0 Å². The van der Waals surface area contributed by atoms with Crippen molar-refractivity contribution in [1.82, 2.24) is 14.9 Å². The van der Waals surface area contributed by atoms with E-state index in [0.717, 1.165) is 23.9 Å². The number of carbonyl (C=O) groups is 1. The monoisotopic (exact) mass is 381 g/mol. The van der Waals surface area contributed by atoms with Crippen molar-refractivity contribution in [2.45, 2.75) is 11.4 Å². The van der Waals surface area contributed by atoms with Gasteiger partial charge in [-0.2, -0.15) is 0 Å². The molecular formula is C16H13F2N3O2S2. The molecule has 3 aromatic rings. The summed E-state index contributed by atoms with van der Waals surface area (Å²) in [6.07, 6.45) is 0. The fourth-order valence-corrected chi connectivity index (χ4v) is 3.72. The van der Waals surface area contributed by atoms with E-state index < -0.39 is 11.6 Å². The third-order valence-electron chi connectivity index (χ3n) is 3.43. The van der Waals surface area contributed by atoms with Crippen molar-refractivity contribution in [3.63, 3.8) is 0 Å². The van der Waals surface area contributed by atoms with Crippen LogP contribution in [0.25, 0.3) is 10.2 Å². The number of hydrogen-bond acceptors (Lipinski definition) is 5. The summed E-state index contributed by atoms with van der Waals surface area (Å²) in [5.74, 6) is -1.64. The first-order valence-corrected chi connectivity index (χ1v) is 9.09. The lowest BCUT2D eigenvalue weighted by Crippen LogP contribution is -2.29. The molecule has 1 aromatic carbocycles. The lowest BCUT2D eigenvalue weighted by Gasteiger charge is -2.16. The van der Waals surface area contributed by atoms with Crippen LogP contribution in [0.2, 0.25) is 0 Å². The molecule has 3 rings (SSSR count). The van der Waals surface area contributed by atoms with Crippen LogP contribution in [0.1, 0.15) is 5.82 Å². The summed E-state index contributed by atoms with van der Waals surface area (Å²) in [6, 6.07) is 5.24. The van der Waals surface area contributed by atoms with E-state index in [4.69, 9.17) is 0 Å². The van der Waals surface area contributed by atoms with Gasteiger partial charge in [-0.15, -0.1) is 23.1 Å². The summed E-state index contributed by atoms with van der Waals surface area (Å²) < 4.78 is 26.6. The average molecular weight is 381 g/mol. The number of rotatable bonds is 5.